The fourth-order valence-corrected chi connectivity index (χ4v) is 1.28. The molecular weight excluding hydrogens is 298 g/mol. The second-order valence-electron chi connectivity index (χ2n) is 2.62. The lowest BCUT2D eigenvalue weighted by Gasteiger charge is -2.00. The summed E-state index contributed by atoms with van der Waals surface area (Å²) in [7, 11) is 0. The van der Waals surface area contributed by atoms with Gasteiger partial charge in [0.05, 0.1) is 18.5 Å². The molecule has 2 rings (SSSR count). The molecule has 92 valence electrons. The number of rotatable bonds is 1. The largest absolute Gasteiger partial charge is 0.349 e. The molecule has 16 heavy (non-hydrogen) atoms. The lowest BCUT2D eigenvalue weighted by molar-refractivity contribution is -0.0205. The van der Waals surface area contributed by atoms with E-state index in [1.165, 1.54) is 18.5 Å². The normalized spacial score (nSPS) is 14.5. The minimum atomic E-state index is -0.178. The molecule has 1 aromatic carbocycles. The van der Waals surface area contributed by atoms with E-state index in [0.29, 0.717) is 0 Å². The van der Waals surface area contributed by atoms with Crippen LogP contribution in [0.1, 0.15) is 0 Å². The molecule has 5 heteroatoms. The van der Waals surface area contributed by atoms with E-state index >= 15 is 0 Å². The zero-order valence-electron chi connectivity index (χ0n) is 9.04. The standard InChI is InChI=1S/C6H5F.C4H7BrO2.CH3Cl/c7-6-4-2-1-3-5-6;5-3-4-6-1-2-7-4;1-2/h1-5H;4H,1-3H2;1H3. The Morgan fingerprint density at radius 1 is 1.25 bits per heavy atom. The van der Waals surface area contributed by atoms with Gasteiger partial charge in [-0.1, -0.05) is 34.1 Å². The zero-order chi connectivity index (χ0) is 12.2. The van der Waals surface area contributed by atoms with Gasteiger partial charge in [0.15, 0.2) is 6.29 Å². The summed E-state index contributed by atoms with van der Waals surface area (Å²) < 4.78 is 22.0. The van der Waals surface area contributed by atoms with Crippen molar-refractivity contribution in [2.45, 2.75) is 6.29 Å². The van der Waals surface area contributed by atoms with Gasteiger partial charge in [0.1, 0.15) is 5.82 Å². The van der Waals surface area contributed by atoms with Gasteiger partial charge in [-0.15, -0.1) is 11.6 Å². The van der Waals surface area contributed by atoms with Crippen LogP contribution in [0.15, 0.2) is 30.3 Å². The summed E-state index contributed by atoms with van der Waals surface area (Å²) >= 11 is 7.87. The summed E-state index contributed by atoms with van der Waals surface area (Å²) in [6, 6.07) is 7.94. The molecule has 1 heterocycles. The number of halogens is 3. The second-order valence-corrected chi connectivity index (χ2v) is 3.27. The van der Waals surface area contributed by atoms with Crippen LogP contribution in [-0.2, 0) is 9.47 Å². The Balaban J connectivity index is 0.000000244. The molecular formula is C11H15BrClFO2. The molecule has 1 saturated heterocycles. The molecule has 0 amide bonds. The molecule has 0 atom stereocenters. The summed E-state index contributed by atoms with van der Waals surface area (Å²) in [6.45, 7) is 1.49. The third-order valence-electron chi connectivity index (χ3n) is 1.55. The first-order valence-corrected chi connectivity index (χ1v) is 6.58. The third-order valence-corrected chi connectivity index (χ3v) is 2.08. The maximum absolute atomic E-state index is 11.9. The Bertz CT molecular complexity index is 243. The van der Waals surface area contributed by atoms with Crippen LogP contribution in [0.2, 0.25) is 0 Å². The van der Waals surface area contributed by atoms with E-state index in [9.17, 15) is 4.39 Å². The Kier molecular flexibility index (Phi) is 11.2. The average molecular weight is 314 g/mol. The van der Waals surface area contributed by atoms with E-state index in [1.807, 2.05) is 0 Å². The molecule has 0 saturated carbocycles. The molecule has 0 N–H and O–H groups in total. The maximum atomic E-state index is 11.9. The van der Waals surface area contributed by atoms with E-state index in [2.05, 4.69) is 27.5 Å². The summed E-state index contributed by atoms with van der Waals surface area (Å²) in [5.74, 6) is -0.178. The minimum absolute atomic E-state index is 0.0139. The summed E-state index contributed by atoms with van der Waals surface area (Å²) in [5, 5.41) is 0.785. The lowest BCUT2D eigenvalue weighted by atomic mass is 10.4. The average Bonchev–Trinajstić information content (AvgIpc) is 2.86. The quantitative estimate of drug-likeness (QED) is 0.740. The second kappa shape index (κ2) is 11.3. The molecule has 0 radical (unpaired) electrons. The number of benzene rings is 1. The van der Waals surface area contributed by atoms with Gasteiger partial charge < -0.3 is 9.47 Å². The first-order chi connectivity index (χ1) is 7.83. The van der Waals surface area contributed by atoms with Crippen molar-refractivity contribution in [2.75, 3.05) is 24.9 Å². The fraction of sp³-hybridized carbons (Fsp3) is 0.455. The van der Waals surface area contributed by atoms with Gasteiger partial charge in [0.25, 0.3) is 0 Å². The first kappa shape index (κ1) is 15.8. The maximum Gasteiger partial charge on any atom is 0.167 e. The fourth-order valence-electron chi connectivity index (χ4n) is 0.911. The van der Waals surface area contributed by atoms with Crippen LogP contribution in [-0.4, -0.2) is 31.2 Å². The van der Waals surface area contributed by atoms with Crippen molar-refractivity contribution in [3.63, 3.8) is 0 Å². The van der Waals surface area contributed by atoms with Crippen molar-refractivity contribution in [3.05, 3.63) is 36.1 Å². The predicted molar refractivity (Wildman–Crippen MR) is 67.7 cm³/mol. The van der Waals surface area contributed by atoms with Crippen LogP contribution in [0, 0.1) is 5.82 Å². The highest BCUT2D eigenvalue weighted by Gasteiger charge is 2.12. The van der Waals surface area contributed by atoms with Crippen LogP contribution >= 0.6 is 27.5 Å². The number of hydrogen-bond donors (Lipinski definition) is 0. The van der Waals surface area contributed by atoms with Crippen LogP contribution in [0.5, 0.6) is 0 Å². The Labute approximate surface area is 109 Å². The molecule has 0 bridgehead atoms. The van der Waals surface area contributed by atoms with Crippen LogP contribution < -0.4 is 0 Å². The Morgan fingerprint density at radius 2 is 1.75 bits per heavy atom. The van der Waals surface area contributed by atoms with E-state index in [0.717, 1.165) is 18.5 Å². The molecule has 1 aliphatic rings. The monoisotopic (exact) mass is 312 g/mol. The van der Waals surface area contributed by atoms with Crippen molar-refractivity contribution >= 4 is 27.5 Å². The predicted octanol–water partition coefficient (Wildman–Crippen LogP) is 3.43. The summed E-state index contributed by atoms with van der Waals surface area (Å²) in [5.41, 5.74) is 0. The number of hydrogen-bond acceptors (Lipinski definition) is 2. The highest BCUT2D eigenvalue weighted by Crippen LogP contribution is 2.04. The van der Waals surface area contributed by atoms with Crippen molar-refractivity contribution in [3.8, 4) is 0 Å². The SMILES string of the molecule is BrCC1OCCO1.CCl.Fc1ccccc1. The van der Waals surface area contributed by atoms with Gasteiger partial charge in [-0.05, 0) is 12.1 Å². The van der Waals surface area contributed by atoms with E-state index in [1.54, 1.807) is 18.2 Å². The lowest BCUT2D eigenvalue weighted by Crippen LogP contribution is -2.07. The molecule has 1 fully saturated rings. The van der Waals surface area contributed by atoms with E-state index in [4.69, 9.17) is 9.47 Å². The van der Waals surface area contributed by atoms with Crippen LogP contribution in [0.3, 0.4) is 0 Å². The Morgan fingerprint density at radius 3 is 2.00 bits per heavy atom. The number of alkyl halides is 2. The van der Waals surface area contributed by atoms with Gasteiger partial charge in [-0.25, -0.2) is 4.39 Å². The Hall–Kier alpha value is -0.160. The molecule has 0 spiro atoms. The van der Waals surface area contributed by atoms with Crippen molar-refractivity contribution in [2.24, 2.45) is 0 Å². The topological polar surface area (TPSA) is 18.5 Å². The van der Waals surface area contributed by atoms with Crippen LogP contribution in [0.25, 0.3) is 0 Å². The minimum Gasteiger partial charge on any atom is -0.349 e. The molecule has 0 aromatic heterocycles. The van der Waals surface area contributed by atoms with Gasteiger partial charge >= 0.3 is 0 Å². The van der Waals surface area contributed by atoms with Gasteiger partial charge in [-0.2, -0.15) is 0 Å². The van der Waals surface area contributed by atoms with Crippen molar-refractivity contribution < 1.29 is 13.9 Å². The molecule has 0 aliphatic carbocycles. The number of ether oxygens (including phenoxy) is 2. The van der Waals surface area contributed by atoms with Crippen molar-refractivity contribution in [1.29, 1.82) is 0 Å². The highest BCUT2D eigenvalue weighted by atomic mass is 79.9. The zero-order valence-corrected chi connectivity index (χ0v) is 11.4. The smallest absolute Gasteiger partial charge is 0.167 e. The highest BCUT2D eigenvalue weighted by molar-refractivity contribution is 9.09. The van der Waals surface area contributed by atoms with Crippen LogP contribution in [0.4, 0.5) is 4.39 Å². The third kappa shape index (κ3) is 8.05. The van der Waals surface area contributed by atoms with Gasteiger partial charge in [0.2, 0.25) is 0 Å². The van der Waals surface area contributed by atoms with Crippen molar-refractivity contribution in [1.82, 2.24) is 0 Å². The van der Waals surface area contributed by atoms with E-state index < -0.39 is 0 Å². The van der Waals surface area contributed by atoms with E-state index in [-0.39, 0.29) is 12.1 Å². The molecule has 0 unspecified atom stereocenters. The summed E-state index contributed by atoms with van der Waals surface area (Å²) in [6.07, 6.45) is 1.49. The van der Waals surface area contributed by atoms with Gasteiger partial charge in [-0.3, -0.25) is 0 Å². The molecule has 1 aromatic rings. The molecule has 1 aliphatic heterocycles. The summed E-state index contributed by atoms with van der Waals surface area (Å²) in [4.78, 5) is 0. The van der Waals surface area contributed by atoms with Gasteiger partial charge in [0, 0.05) is 6.38 Å². The first-order valence-electron chi connectivity index (χ1n) is 4.70. The molecule has 2 nitrogen and oxygen atoms in total.